The van der Waals surface area contributed by atoms with Crippen molar-refractivity contribution < 1.29 is 14.7 Å². The Morgan fingerprint density at radius 1 is 0.923 bits per heavy atom. The maximum Gasteiger partial charge on any atom is 0.326 e. The van der Waals surface area contributed by atoms with Gasteiger partial charge in [-0.05, 0) is 28.8 Å². The lowest BCUT2D eigenvalue weighted by atomic mass is 9.97. The maximum absolute atomic E-state index is 12.5. The summed E-state index contributed by atoms with van der Waals surface area (Å²) in [5.74, 6) is -1.74. The quantitative estimate of drug-likeness (QED) is 0.713. The average molecular weight is 347 g/mol. The molecule has 0 saturated heterocycles. The van der Waals surface area contributed by atoms with Gasteiger partial charge in [-0.2, -0.15) is 0 Å². The molecule has 0 aliphatic rings. The second-order valence-corrected chi connectivity index (χ2v) is 6.37. The minimum atomic E-state index is -1.04. The molecule has 3 aromatic rings. The van der Waals surface area contributed by atoms with E-state index in [-0.39, 0.29) is 12.3 Å². The molecule has 0 aromatic heterocycles. The molecule has 0 bridgehead atoms. The van der Waals surface area contributed by atoms with Crippen molar-refractivity contribution in [1.82, 2.24) is 5.32 Å². The Morgan fingerprint density at radius 2 is 1.58 bits per heavy atom. The van der Waals surface area contributed by atoms with E-state index in [1.807, 2.05) is 72.8 Å². The number of benzene rings is 3. The monoisotopic (exact) mass is 347 g/mol. The lowest BCUT2D eigenvalue weighted by Gasteiger charge is -2.19. The zero-order chi connectivity index (χ0) is 18.5. The average Bonchev–Trinajstić information content (AvgIpc) is 2.67. The predicted molar refractivity (Wildman–Crippen MR) is 102 cm³/mol. The molecule has 0 radical (unpaired) electrons. The number of hydrogen-bond acceptors (Lipinski definition) is 2. The van der Waals surface area contributed by atoms with Crippen molar-refractivity contribution in [3.8, 4) is 0 Å². The number of nitrogens with one attached hydrogen (secondary N) is 1. The molecule has 2 N–H and O–H groups in total. The molecule has 3 rings (SSSR count). The van der Waals surface area contributed by atoms with Crippen molar-refractivity contribution in [2.24, 2.45) is 0 Å². The van der Waals surface area contributed by atoms with Crippen LogP contribution >= 0.6 is 0 Å². The van der Waals surface area contributed by atoms with Gasteiger partial charge < -0.3 is 10.4 Å². The number of carbonyl (C=O) groups is 2. The summed E-state index contributed by atoms with van der Waals surface area (Å²) in [6.07, 6.45) is 0.240. The highest BCUT2D eigenvalue weighted by Crippen LogP contribution is 2.20. The first kappa shape index (κ1) is 17.7. The Kier molecular flexibility index (Phi) is 5.32. The van der Waals surface area contributed by atoms with E-state index in [9.17, 15) is 14.7 Å². The van der Waals surface area contributed by atoms with E-state index >= 15 is 0 Å². The van der Waals surface area contributed by atoms with Crippen molar-refractivity contribution in [1.29, 1.82) is 0 Å². The summed E-state index contributed by atoms with van der Waals surface area (Å²) in [5, 5.41) is 14.3. The topological polar surface area (TPSA) is 66.4 Å². The molecule has 4 nitrogen and oxygen atoms in total. The van der Waals surface area contributed by atoms with Gasteiger partial charge in [0, 0.05) is 6.42 Å². The molecule has 0 heterocycles. The van der Waals surface area contributed by atoms with Gasteiger partial charge in [-0.15, -0.1) is 0 Å². The van der Waals surface area contributed by atoms with Gasteiger partial charge in [0.1, 0.15) is 6.04 Å². The normalized spacial score (nSPS) is 13.1. The van der Waals surface area contributed by atoms with E-state index in [2.05, 4.69) is 5.32 Å². The zero-order valence-corrected chi connectivity index (χ0v) is 14.6. The van der Waals surface area contributed by atoms with Gasteiger partial charge in [-0.25, -0.2) is 4.79 Å². The van der Waals surface area contributed by atoms with Crippen LogP contribution in [0.3, 0.4) is 0 Å². The highest BCUT2D eigenvalue weighted by atomic mass is 16.4. The van der Waals surface area contributed by atoms with E-state index in [1.54, 1.807) is 6.92 Å². The molecule has 3 aromatic carbocycles. The Labute approximate surface area is 152 Å². The predicted octanol–water partition coefficient (Wildman–Crippen LogP) is 3.76. The number of fused-ring (bicyclic) bond motifs is 1. The fourth-order valence-electron chi connectivity index (χ4n) is 3.08. The molecule has 1 unspecified atom stereocenters. The first-order valence-corrected chi connectivity index (χ1v) is 8.61. The lowest BCUT2D eigenvalue weighted by Crippen LogP contribution is -2.44. The highest BCUT2D eigenvalue weighted by Gasteiger charge is 2.24. The van der Waals surface area contributed by atoms with Crippen LogP contribution in [-0.2, 0) is 16.0 Å². The van der Waals surface area contributed by atoms with E-state index < -0.39 is 17.9 Å². The van der Waals surface area contributed by atoms with Crippen molar-refractivity contribution in [2.75, 3.05) is 0 Å². The van der Waals surface area contributed by atoms with Crippen LogP contribution in [0.25, 0.3) is 10.8 Å². The minimum absolute atomic E-state index is 0.240. The molecular weight excluding hydrogens is 326 g/mol. The summed E-state index contributed by atoms with van der Waals surface area (Å²) < 4.78 is 0. The Hall–Kier alpha value is -3.14. The summed E-state index contributed by atoms with van der Waals surface area (Å²) in [5.41, 5.74) is 1.77. The van der Waals surface area contributed by atoms with Crippen molar-refractivity contribution in [2.45, 2.75) is 25.3 Å². The summed E-state index contributed by atoms with van der Waals surface area (Å²) >= 11 is 0. The fraction of sp³-hybridized carbons (Fsp3) is 0.182. The molecule has 0 aliphatic heterocycles. The number of rotatable bonds is 6. The summed E-state index contributed by atoms with van der Waals surface area (Å²) in [4.78, 5) is 24.3. The second-order valence-electron chi connectivity index (χ2n) is 6.37. The fourth-order valence-corrected chi connectivity index (χ4v) is 3.08. The molecule has 4 heteroatoms. The SMILES string of the molecule is CC(C(=O)N[C@@H](Cc1cccc2ccccc12)C(=O)O)c1ccccc1. The van der Waals surface area contributed by atoms with E-state index in [1.165, 1.54) is 0 Å². The number of amides is 1. The van der Waals surface area contributed by atoms with Crippen LogP contribution in [0.2, 0.25) is 0 Å². The van der Waals surface area contributed by atoms with Crippen LogP contribution < -0.4 is 5.32 Å². The largest absolute Gasteiger partial charge is 0.480 e. The van der Waals surface area contributed by atoms with Gasteiger partial charge >= 0.3 is 5.97 Å². The third-order valence-electron chi connectivity index (χ3n) is 4.61. The number of hydrogen-bond donors (Lipinski definition) is 2. The molecule has 2 atom stereocenters. The van der Waals surface area contributed by atoms with Gasteiger partial charge in [0.25, 0.3) is 0 Å². The van der Waals surface area contributed by atoms with Crippen molar-refractivity contribution >= 4 is 22.6 Å². The second kappa shape index (κ2) is 7.83. The van der Waals surface area contributed by atoms with Crippen LogP contribution in [0, 0.1) is 0 Å². The van der Waals surface area contributed by atoms with Gasteiger partial charge in [0.2, 0.25) is 5.91 Å². The minimum Gasteiger partial charge on any atom is -0.480 e. The molecular formula is C22H21NO3. The van der Waals surface area contributed by atoms with Crippen LogP contribution in [0.5, 0.6) is 0 Å². The zero-order valence-electron chi connectivity index (χ0n) is 14.6. The summed E-state index contributed by atoms with van der Waals surface area (Å²) in [6.45, 7) is 1.78. The highest BCUT2D eigenvalue weighted by molar-refractivity contribution is 5.89. The third-order valence-corrected chi connectivity index (χ3v) is 4.61. The summed E-state index contributed by atoms with van der Waals surface area (Å²) in [6, 6.07) is 22.0. The van der Waals surface area contributed by atoms with Crippen LogP contribution in [0.15, 0.2) is 72.8 Å². The molecule has 26 heavy (non-hydrogen) atoms. The number of carboxylic acids is 1. The number of carbonyl (C=O) groups excluding carboxylic acids is 1. The molecule has 0 saturated carbocycles. The van der Waals surface area contributed by atoms with E-state index in [4.69, 9.17) is 0 Å². The first-order valence-electron chi connectivity index (χ1n) is 8.61. The van der Waals surface area contributed by atoms with Crippen LogP contribution in [0.4, 0.5) is 0 Å². The molecule has 0 spiro atoms. The molecule has 132 valence electrons. The summed E-state index contributed by atoms with van der Waals surface area (Å²) in [7, 11) is 0. The number of aliphatic carboxylic acids is 1. The van der Waals surface area contributed by atoms with Crippen molar-refractivity contribution in [3.05, 3.63) is 83.9 Å². The van der Waals surface area contributed by atoms with Gasteiger partial charge in [-0.3, -0.25) is 4.79 Å². The first-order chi connectivity index (χ1) is 12.6. The van der Waals surface area contributed by atoms with Gasteiger partial charge in [0.15, 0.2) is 0 Å². The number of carboxylic acid groups (broad SMARTS) is 1. The van der Waals surface area contributed by atoms with Crippen LogP contribution in [0.1, 0.15) is 24.0 Å². The Morgan fingerprint density at radius 3 is 2.31 bits per heavy atom. The third kappa shape index (κ3) is 3.91. The molecule has 0 aliphatic carbocycles. The van der Waals surface area contributed by atoms with Gasteiger partial charge in [0.05, 0.1) is 5.92 Å². The van der Waals surface area contributed by atoms with Gasteiger partial charge in [-0.1, -0.05) is 72.8 Å². The maximum atomic E-state index is 12.5. The molecule has 1 amide bonds. The Balaban J connectivity index is 1.79. The van der Waals surface area contributed by atoms with E-state index in [0.29, 0.717) is 0 Å². The smallest absolute Gasteiger partial charge is 0.326 e. The lowest BCUT2D eigenvalue weighted by molar-refractivity contribution is -0.141. The molecule has 0 fully saturated rings. The Bertz CT molecular complexity index is 916. The van der Waals surface area contributed by atoms with Crippen molar-refractivity contribution in [3.63, 3.8) is 0 Å². The standard InChI is InChI=1S/C22H21NO3/c1-15(16-8-3-2-4-9-16)21(24)23-20(22(25)26)14-18-12-7-11-17-10-5-6-13-19(17)18/h2-13,15,20H,14H2,1H3,(H,23,24)(H,25,26)/t15?,20-/m0/s1. The van der Waals surface area contributed by atoms with E-state index in [0.717, 1.165) is 21.9 Å². The van der Waals surface area contributed by atoms with Crippen LogP contribution in [-0.4, -0.2) is 23.0 Å².